The molecule has 0 unspecified atom stereocenters. The van der Waals surface area contributed by atoms with Crippen LogP contribution in [0.1, 0.15) is 87.0 Å². The molecule has 4 rings (SSSR count). The molecule has 4 aliphatic rings. The second-order valence-electron chi connectivity index (χ2n) is 16.4. The molecular formula is C31H56O6Si2. The van der Waals surface area contributed by atoms with E-state index in [9.17, 15) is 9.59 Å². The van der Waals surface area contributed by atoms with E-state index in [4.69, 9.17) is 18.3 Å². The largest absolute Gasteiger partial charge is 0.469 e. The van der Waals surface area contributed by atoms with Gasteiger partial charge in [-0.2, -0.15) is 0 Å². The summed E-state index contributed by atoms with van der Waals surface area (Å²) in [7, 11) is -2.35. The third-order valence-electron chi connectivity index (χ3n) is 12.3. The molecule has 0 amide bonds. The van der Waals surface area contributed by atoms with Gasteiger partial charge in [-0.3, -0.25) is 9.59 Å². The maximum atomic E-state index is 13.7. The van der Waals surface area contributed by atoms with Gasteiger partial charge in [-0.05, 0) is 86.1 Å². The van der Waals surface area contributed by atoms with Crippen molar-refractivity contribution in [1.29, 1.82) is 0 Å². The van der Waals surface area contributed by atoms with Gasteiger partial charge < -0.3 is 18.3 Å². The first kappa shape index (κ1) is 31.2. The molecule has 0 aromatic carbocycles. The van der Waals surface area contributed by atoms with Crippen LogP contribution in [0.2, 0.25) is 36.3 Å². The molecule has 8 atom stereocenters. The Labute approximate surface area is 239 Å². The standard InChI is InChI=1S/C31H56O6Si2/c1-20-24-25(27(33)34-8)30-18-21(22(19-30)37-39(11,12)29(5,6)7)14-15-23(30)31(24,36-26(20)32)16-13-17-35-38(9,10)28(2,3)4/h20-25H,13-19H2,1-12H3/t20-,21+,22-,23+,24-,25+,30+,31+/m0/s1. The van der Waals surface area contributed by atoms with Crippen LogP contribution in [0.5, 0.6) is 0 Å². The van der Waals surface area contributed by atoms with Crippen LogP contribution in [0.15, 0.2) is 0 Å². The van der Waals surface area contributed by atoms with Crippen molar-refractivity contribution in [3.05, 3.63) is 0 Å². The third kappa shape index (κ3) is 4.91. The molecular weight excluding hydrogens is 525 g/mol. The maximum Gasteiger partial charge on any atom is 0.309 e. The van der Waals surface area contributed by atoms with E-state index in [0.29, 0.717) is 12.5 Å². The predicted octanol–water partition coefficient (Wildman–Crippen LogP) is 7.34. The first-order valence-corrected chi connectivity index (χ1v) is 21.2. The molecule has 0 radical (unpaired) electrons. The average Bonchev–Trinajstić information content (AvgIpc) is 3.31. The molecule has 224 valence electrons. The van der Waals surface area contributed by atoms with Crippen LogP contribution in [0.4, 0.5) is 0 Å². The van der Waals surface area contributed by atoms with Crippen LogP contribution in [-0.2, 0) is 27.9 Å². The van der Waals surface area contributed by atoms with Gasteiger partial charge in [0.15, 0.2) is 16.6 Å². The van der Waals surface area contributed by atoms with Gasteiger partial charge in [0.1, 0.15) is 5.60 Å². The monoisotopic (exact) mass is 580 g/mol. The van der Waals surface area contributed by atoms with Crippen LogP contribution >= 0.6 is 0 Å². The van der Waals surface area contributed by atoms with Crippen molar-refractivity contribution >= 4 is 28.6 Å². The van der Waals surface area contributed by atoms with Gasteiger partial charge in [0.2, 0.25) is 0 Å². The molecule has 0 aromatic heterocycles. The molecule has 0 aromatic rings. The zero-order chi connectivity index (χ0) is 29.4. The van der Waals surface area contributed by atoms with E-state index < -0.39 is 22.2 Å². The first-order chi connectivity index (χ1) is 17.7. The number of fused-ring (bicyclic) bond motifs is 3. The Bertz CT molecular complexity index is 965. The van der Waals surface area contributed by atoms with E-state index in [1.807, 2.05) is 6.92 Å². The highest BCUT2D eigenvalue weighted by Gasteiger charge is 2.78. The number of esters is 2. The maximum absolute atomic E-state index is 13.7. The summed E-state index contributed by atoms with van der Waals surface area (Å²) >= 11 is 0. The van der Waals surface area contributed by atoms with E-state index in [1.54, 1.807) is 0 Å². The normalized spacial score (nSPS) is 38.4. The molecule has 1 spiro atoms. The number of carbonyl (C=O) groups excluding carboxylic acids is 2. The molecule has 3 aliphatic carbocycles. The number of rotatable bonds is 8. The molecule has 1 aliphatic heterocycles. The second-order valence-corrected chi connectivity index (χ2v) is 25.9. The summed E-state index contributed by atoms with van der Waals surface area (Å²) in [6, 6.07) is 0. The summed E-state index contributed by atoms with van der Waals surface area (Å²) in [5.41, 5.74) is -0.855. The first-order valence-electron chi connectivity index (χ1n) is 15.4. The summed E-state index contributed by atoms with van der Waals surface area (Å²) in [4.78, 5) is 26.9. The summed E-state index contributed by atoms with van der Waals surface area (Å²) in [6.45, 7) is 25.5. The number of hydrogen-bond donors (Lipinski definition) is 0. The fourth-order valence-corrected chi connectivity index (χ4v) is 10.8. The molecule has 4 fully saturated rings. The van der Waals surface area contributed by atoms with Crippen molar-refractivity contribution in [1.82, 2.24) is 0 Å². The summed E-state index contributed by atoms with van der Waals surface area (Å²) in [5.74, 6) is -0.496. The smallest absolute Gasteiger partial charge is 0.309 e. The quantitative estimate of drug-likeness (QED) is 0.170. The van der Waals surface area contributed by atoms with Crippen LogP contribution in [0.25, 0.3) is 0 Å². The Morgan fingerprint density at radius 3 is 2.18 bits per heavy atom. The van der Waals surface area contributed by atoms with Gasteiger partial charge in [0.05, 0.1) is 18.9 Å². The lowest BCUT2D eigenvalue weighted by atomic mass is 9.63. The molecule has 3 saturated carbocycles. The Hall–Kier alpha value is -0.706. The minimum absolute atomic E-state index is 0.129. The zero-order valence-electron chi connectivity index (χ0n) is 26.9. The molecule has 6 nitrogen and oxygen atoms in total. The fraction of sp³-hybridized carbons (Fsp3) is 0.935. The van der Waals surface area contributed by atoms with Crippen molar-refractivity contribution < 1.29 is 27.9 Å². The van der Waals surface area contributed by atoms with Gasteiger partial charge in [-0.15, -0.1) is 0 Å². The van der Waals surface area contributed by atoms with E-state index in [2.05, 4.69) is 67.7 Å². The fourth-order valence-electron chi connectivity index (χ4n) is 8.32. The zero-order valence-corrected chi connectivity index (χ0v) is 28.9. The lowest BCUT2D eigenvalue weighted by Gasteiger charge is -2.44. The Balaban J connectivity index is 1.66. The average molecular weight is 581 g/mol. The van der Waals surface area contributed by atoms with E-state index in [0.717, 1.165) is 38.5 Å². The highest BCUT2D eigenvalue weighted by atomic mass is 28.4. The van der Waals surface area contributed by atoms with Crippen LogP contribution < -0.4 is 0 Å². The second kappa shape index (κ2) is 9.94. The van der Waals surface area contributed by atoms with Crippen molar-refractivity contribution in [2.24, 2.45) is 35.0 Å². The van der Waals surface area contributed by atoms with Crippen molar-refractivity contribution in [3.8, 4) is 0 Å². The lowest BCUT2D eigenvalue weighted by Crippen LogP contribution is -2.45. The topological polar surface area (TPSA) is 71.1 Å². The minimum atomic E-state index is -1.98. The SMILES string of the molecule is COC(=O)[C@H]1[C@@H]2[C@H](C)C(=O)O[C@]2(CCCO[Si](C)(C)C(C)(C)C)[C@@H]2CC[C@@H]3C[C@@]21C[C@@H]3O[Si](C)(C)C(C)(C)C. The highest BCUT2D eigenvalue weighted by molar-refractivity contribution is 6.74. The van der Waals surface area contributed by atoms with Gasteiger partial charge in [0, 0.05) is 24.5 Å². The number of methoxy groups -OCH3 is 1. The van der Waals surface area contributed by atoms with E-state index >= 15 is 0 Å². The lowest BCUT2D eigenvalue weighted by molar-refractivity contribution is -0.160. The van der Waals surface area contributed by atoms with Crippen LogP contribution in [0, 0.1) is 35.0 Å². The van der Waals surface area contributed by atoms with Crippen LogP contribution in [-0.4, -0.2) is 54.0 Å². The van der Waals surface area contributed by atoms with Gasteiger partial charge >= 0.3 is 11.9 Å². The molecule has 0 N–H and O–H groups in total. The number of hydrogen-bond acceptors (Lipinski definition) is 6. The number of ether oxygens (including phenoxy) is 2. The predicted molar refractivity (Wildman–Crippen MR) is 159 cm³/mol. The number of carbonyl (C=O) groups is 2. The van der Waals surface area contributed by atoms with E-state index in [1.165, 1.54) is 7.11 Å². The van der Waals surface area contributed by atoms with Crippen molar-refractivity contribution in [2.75, 3.05) is 13.7 Å². The summed E-state index contributed by atoms with van der Waals surface area (Å²) < 4.78 is 25.6. The molecule has 39 heavy (non-hydrogen) atoms. The highest BCUT2D eigenvalue weighted by Crippen LogP contribution is 2.74. The minimum Gasteiger partial charge on any atom is -0.469 e. The molecule has 1 saturated heterocycles. The Morgan fingerprint density at radius 1 is 1.00 bits per heavy atom. The van der Waals surface area contributed by atoms with E-state index in [-0.39, 0.29) is 57.2 Å². The third-order valence-corrected chi connectivity index (χ3v) is 21.3. The van der Waals surface area contributed by atoms with Gasteiger partial charge in [-0.25, -0.2) is 0 Å². The Kier molecular flexibility index (Phi) is 7.96. The summed E-state index contributed by atoms with van der Waals surface area (Å²) in [6.07, 6.45) is 5.64. The summed E-state index contributed by atoms with van der Waals surface area (Å²) in [5, 5.41) is 0.279. The van der Waals surface area contributed by atoms with Crippen LogP contribution in [0.3, 0.4) is 0 Å². The van der Waals surface area contributed by atoms with Gasteiger partial charge in [0.25, 0.3) is 0 Å². The Morgan fingerprint density at radius 2 is 1.62 bits per heavy atom. The molecule has 2 bridgehead atoms. The van der Waals surface area contributed by atoms with Gasteiger partial charge in [-0.1, -0.05) is 48.5 Å². The van der Waals surface area contributed by atoms with Crippen molar-refractivity contribution in [3.63, 3.8) is 0 Å². The molecule has 8 heteroatoms. The van der Waals surface area contributed by atoms with Crippen molar-refractivity contribution in [2.45, 2.75) is 135 Å². The molecule has 1 heterocycles.